The van der Waals surface area contributed by atoms with Crippen molar-refractivity contribution in [1.29, 1.82) is 0 Å². The van der Waals surface area contributed by atoms with Gasteiger partial charge in [-0.1, -0.05) is 24.3 Å². The zero-order valence-electron chi connectivity index (χ0n) is 10.9. The molecule has 0 saturated carbocycles. The first kappa shape index (κ1) is 14.5. The third-order valence-corrected chi connectivity index (χ3v) is 4.70. The molecule has 5 nitrogen and oxygen atoms in total. The maximum Gasteiger partial charge on any atom is 0.216 e. The van der Waals surface area contributed by atoms with Crippen LogP contribution in [0.3, 0.4) is 0 Å². The number of hydrogen-bond donors (Lipinski definition) is 2. The third-order valence-electron chi connectivity index (χ3n) is 3.18. The van der Waals surface area contributed by atoms with Crippen molar-refractivity contribution in [2.45, 2.75) is 31.2 Å². The van der Waals surface area contributed by atoms with Gasteiger partial charge in [-0.05, 0) is 24.5 Å². The molecular weight excluding hydrogens is 266 g/mol. The van der Waals surface area contributed by atoms with E-state index in [1.807, 2.05) is 6.92 Å². The Hall–Kier alpha value is -0.950. The molecule has 2 rings (SSSR count). The molecule has 1 fully saturated rings. The molecule has 0 spiro atoms. The lowest BCUT2D eigenvalue weighted by molar-refractivity contribution is 0.178. The fourth-order valence-electron chi connectivity index (χ4n) is 2.12. The molecule has 6 heteroatoms. The fraction of sp³-hybridized carbons (Fsp3) is 0.538. The van der Waals surface area contributed by atoms with Crippen molar-refractivity contribution in [3.8, 4) is 0 Å². The molecule has 1 heterocycles. The van der Waals surface area contributed by atoms with Crippen LogP contribution >= 0.6 is 0 Å². The van der Waals surface area contributed by atoms with Gasteiger partial charge in [0.15, 0.2) is 0 Å². The largest absolute Gasteiger partial charge is 0.392 e. The van der Waals surface area contributed by atoms with Crippen LogP contribution in [-0.2, 0) is 27.1 Å². The van der Waals surface area contributed by atoms with Gasteiger partial charge in [-0.2, -0.15) is 0 Å². The molecule has 1 saturated heterocycles. The summed E-state index contributed by atoms with van der Waals surface area (Å²) in [5.74, 6) is -0.0612. The van der Waals surface area contributed by atoms with E-state index >= 15 is 0 Å². The Morgan fingerprint density at radius 2 is 1.95 bits per heavy atom. The minimum atomic E-state index is -3.39. The lowest BCUT2D eigenvalue weighted by Crippen LogP contribution is -2.46. The van der Waals surface area contributed by atoms with Crippen LogP contribution in [0, 0.1) is 0 Å². The number of hydrogen-bond acceptors (Lipinski definition) is 4. The molecule has 0 amide bonds. The van der Waals surface area contributed by atoms with E-state index in [9.17, 15) is 8.42 Å². The van der Waals surface area contributed by atoms with Gasteiger partial charge in [0.1, 0.15) is 0 Å². The zero-order chi connectivity index (χ0) is 13.9. The van der Waals surface area contributed by atoms with Crippen LogP contribution in [0.4, 0.5) is 0 Å². The molecule has 0 radical (unpaired) electrons. The maximum absolute atomic E-state index is 12.1. The second kappa shape index (κ2) is 5.58. The quantitative estimate of drug-likeness (QED) is 0.838. The molecule has 1 aromatic carbocycles. The SMILES string of the molecule is CC1(NS(=O)(=O)Cc2ccc(CO)cc2)CCOC1. The lowest BCUT2D eigenvalue weighted by Gasteiger charge is -2.23. The van der Waals surface area contributed by atoms with Crippen molar-refractivity contribution >= 4 is 10.0 Å². The number of rotatable bonds is 5. The van der Waals surface area contributed by atoms with Crippen LogP contribution in [0.5, 0.6) is 0 Å². The Balaban J connectivity index is 2.03. The number of aliphatic hydroxyl groups is 1. The normalized spacial score (nSPS) is 23.7. The number of nitrogens with one attached hydrogen (secondary N) is 1. The highest BCUT2D eigenvalue weighted by Gasteiger charge is 2.33. The van der Waals surface area contributed by atoms with E-state index in [-0.39, 0.29) is 12.4 Å². The Morgan fingerprint density at radius 1 is 1.32 bits per heavy atom. The van der Waals surface area contributed by atoms with E-state index in [0.29, 0.717) is 25.2 Å². The average Bonchev–Trinajstić information content (AvgIpc) is 2.75. The number of aliphatic hydroxyl groups excluding tert-OH is 1. The Bertz CT molecular complexity index is 518. The van der Waals surface area contributed by atoms with E-state index in [1.165, 1.54) is 0 Å². The van der Waals surface area contributed by atoms with E-state index in [0.717, 1.165) is 5.56 Å². The van der Waals surface area contributed by atoms with E-state index in [1.54, 1.807) is 24.3 Å². The summed E-state index contributed by atoms with van der Waals surface area (Å²) in [6.07, 6.45) is 0.690. The van der Waals surface area contributed by atoms with Gasteiger partial charge in [0.25, 0.3) is 0 Å². The van der Waals surface area contributed by atoms with Crippen LogP contribution in [0.2, 0.25) is 0 Å². The highest BCUT2D eigenvalue weighted by molar-refractivity contribution is 7.88. The average molecular weight is 285 g/mol. The van der Waals surface area contributed by atoms with Crippen molar-refractivity contribution < 1.29 is 18.3 Å². The molecule has 0 bridgehead atoms. The van der Waals surface area contributed by atoms with Crippen molar-refractivity contribution in [2.24, 2.45) is 0 Å². The molecule has 1 aliphatic heterocycles. The van der Waals surface area contributed by atoms with E-state index < -0.39 is 15.6 Å². The minimum absolute atomic E-state index is 0.0410. The summed E-state index contributed by atoms with van der Waals surface area (Å²) in [5.41, 5.74) is 0.974. The second-order valence-electron chi connectivity index (χ2n) is 5.20. The van der Waals surface area contributed by atoms with Crippen LogP contribution in [0.15, 0.2) is 24.3 Å². The van der Waals surface area contributed by atoms with Gasteiger partial charge in [-0.15, -0.1) is 0 Å². The highest BCUT2D eigenvalue weighted by atomic mass is 32.2. The van der Waals surface area contributed by atoms with Crippen LogP contribution in [0.1, 0.15) is 24.5 Å². The smallest absolute Gasteiger partial charge is 0.216 e. The Morgan fingerprint density at radius 3 is 2.47 bits per heavy atom. The summed E-state index contributed by atoms with van der Waals surface area (Å²) in [7, 11) is -3.39. The van der Waals surface area contributed by atoms with Crippen LogP contribution in [0.25, 0.3) is 0 Å². The van der Waals surface area contributed by atoms with E-state index in [4.69, 9.17) is 9.84 Å². The summed E-state index contributed by atoms with van der Waals surface area (Å²) in [6.45, 7) is 2.81. The standard InChI is InChI=1S/C13H19NO4S/c1-13(6-7-18-10-13)14-19(16,17)9-12-4-2-11(8-15)3-5-12/h2-5,14-15H,6-10H2,1H3. The molecule has 2 N–H and O–H groups in total. The number of benzene rings is 1. The molecule has 106 valence electrons. The summed E-state index contributed by atoms with van der Waals surface area (Å²) in [6, 6.07) is 6.90. The van der Waals surface area contributed by atoms with Gasteiger partial charge in [0.2, 0.25) is 10.0 Å². The summed E-state index contributed by atoms with van der Waals surface area (Å²) in [5, 5.41) is 8.94. The van der Waals surface area contributed by atoms with Crippen molar-refractivity contribution in [3.63, 3.8) is 0 Å². The minimum Gasteiger partial charge on any atom is -0.392 e. The van der Waals surface area contributed by atoms with Crippen molar-refractivity contribution in [2.75, 3.05) is 13.2 Å². The van der Waals surface area contributed by atoms with Gasteiger partial charge in [0.05, 0.1) is 24.5 Å². The molecule has 19 heavy (non-hydrogen) atoms. The number of sulfonamides is 1. The maximum atomic E-state index is 12.1. The highest BCUT2D eigenvalue weighted by Crippen LogP contribution is 2.19. The van der Waals surface area contributed by atoms with Crippen molar-refractivity contribution in [3.05, 3.63) is 35.4 Å². The lowest BCUT2D eigenvalue weighted by atomic mass is 10.0. The predicted octanol–water partition coefficient (Wildman–Crippen LogP) is 0.777. The molecule has 1 aromatic rings. The third kappa shape index (κ3) is 4.01. The molecule has 1 atom stereocenters. The van der Waals surface area contributed by atoms with Gasteiger partial charge in [-0.25, -0.2) is 13.1 Å². The first-order chi connectivity index (χ1) is 8.92. The van der Waals surface area contributed by atoms with Gasteiger partial charge in [-0.3, -0.25) is 0 Å². The Labute approximate surface area is 113 Å². The zero-order valence-corrected chi connectivity index (χ0v) is 11.7. The van der Waals surface area contributed by atoms with E-state index in [2.05, 4.69) is 4.72 Å². The summed E-state index contributed by atoms with van der Waals surface area (Å²) >= 11 is 0. The molecule has 1 aliphatic rings. The molecule has 1 unspecified atom stereocenters. The molecule has 0 aromatic heterocycles. The molecule has 0 aliphatic carbocycles. The monoisotopic (exact) mass is 285 g/mol. The topological polar surface area (TPSA) is 75.6 Å². The van der Waals surface area contributed by atoms with Gasteiger partial charge < -0.3 is 9.84 Å². The second-order valence-corrected chi connectivity index (χ2v) is 6.92. The first-order valence-corrected chi connectivity index (χ1v) is 7.86. The molecular formula is C13H19NO4S. The Kier molecular flexibility index (Phi) is 4.25. The summed E-state index contributed by atoms with van der Waals surface area (Å²) < 4.78 is 32.1. The van der Waals surface area contributed by atoms with Gasteiger partial charge >= 0.3 is 0 Å². The van der Waals surface area contributed by atoms with Gasteiger partial charge in [0, 0.05) is 6.61 Å². The predicted molar refractivity (Wildman–Crippen MR) is 72.0 cm³/mol. The first-order valence-electron chi connectivity index (χ1n) is 6.21. The van der Waals surface area contributed by atoms with Crippen molar-refractivity contribution in [1.82, 2.24) is 4.72 Å². The number of ether oxygens (including phenoxy) is 1. The van der Waals surface area contributed by atoms with Crippen LogP contribution < -0.4 is 4.72 Å². The summed E-state index contributed by atoms with van der Waals surface area (Å²) in [4.78, 5) is 0. The van der Waals surface area contributed by atoms with Crippen LogP contribution in [-0.4, -0.2) is 32.3 Å². The fourth-order valence-corrected chi connectivity index (χ4v) is 3.73.